The predicted octanol–water partition coefficient (Wildman–Crippen LogP) is 4.04. The highest BCUT2D eigenvalue weighted by Crippen LogP contribution is 2.30. The summed E-state index contributed by atoms with van der Waals surface area (Å²) in [7, 11) is 0. The minimum Gasteiger partial charge on any atom is -0.491 e. The number of amides is 1. The van der Waals surface area contributed by atoms with Gasteiger partial charge in [-0.3, -0.25) is 14.6 Å². The van der Waals surface area contributed by atoms with Gasteiger partial charge in [-0.25, -0.2) is 4.98 Å². The molecule has 3 aromatic rings. The van der Waals surface area contributed by atoms with Crippen LogP contribution < -0.4 is 20.7 Å². The topological polar surface area (TPSA) is 104 Å². The molecule has 1 aromatic heterocycles. The molecule has 3 aliphatic heterocycles. The lowest BCUT2D eigenvalue weighted by Crippen LogP contribution is -2.42. The van der Waals surface area contributed by atoms with Gasteiger partial charge in [0.25, 0.3) is 0 Å². The van der Waals surface area contributed by atoms with Crippen molar-refractivity contribution in [3.8, 4) is 5.75 Å². The summed E-state index contributed by atoms with van der Waals surface area (Å²) in [5, 5.41) is 10.2. The van der Waals surface area contributed by atoms with Gasteiger partial charge in [-0.05, 0) is 48.4 Å². The van der Waals surface area contributed by atoms with Crippen LogP contribution in [0.5, 0.6) is 5.75 Å². The molecule has 0 unspecified atom stereocenters. The number of aromatic nitrogens is 2. The highest BCUT2D eigenvalue weighted by Gasteiger charge is 2.15. The molecular weight excluding hydrogens is 530 g/mol. The van der Waals surface area contributed by atoms with E-state index in [2.05, 4.69) is 47.9 Å². The van der Waals surface area contributed by atoms with Crippen molar-refractivity contribution in [3.05, 3.63) is 65.3 Å². The maximum atomic E-state index is 12.6. The third kappa shape index (κ3) is 8.53. The average Bonchev–Trinajstić information content (AvgIpc) is 2.96. The number of benzene rings is 2. The zero-order valence-corrected chi connectivity index (χ0v) is 23.3. The number of ether oxygens (including phenoxy) is 2. The van der Waals surface area contributed by atoms with Gasteiger partial charge in [0.15, 0.2) is 0 Å². The van der Waals surface area contributed by atoms with E-state index in [1.54, 1.807) is 24.4 Å². The Morgan fingerprint density at radius 2 is 1.75 bits per heavy atom. The first-order valence-corrected chi connectivity index (χ1v) is 14.2. The summed E-state index contributed by atoms with van der Waals surface area (Å²) in [6.45, 7) is 7.76. The standard InChI is InChI=1S/C29H36ClN7O3/c30-23-4-7-26-25(20-23)34-27-8-11-32-29(35-27)33-24-5-2-22(3-6-24)21-37(14-13-36-15-18-39-19-16-36)12-9-28(38)31-10-1-17-40-26/h2-8,11,20H,1,9-10,12-19,21H2,(H,31,38)(H2,32,33,34,35). The SMILES string of the molecule is O=C1CCN(CCN2CCOCC2)Cc2ccc(cc2)Nc2nccc(n2)Nc2cc(Cl)ccc2OCCCN1. The third-order valence-corrected chi connectivity index (χ3v) is 7.10. The predicted molar refractivity (Wildman–Crippen MR) is 157 cm³/mol. The van der Waals surface area contributed by atoms with Gasteiger partial charge in [-0.15, -0.1) is 0 Å². The summed E-state index contributed by atoms with van der Waals surface area (Å²) in [6, 6.07) is 15.4. The first kappa shape index (κ1) is 28.1. The number of nitrogens with zero attached hydrogens (tertiary/aromatic N) is 4. The van der Waals surface area contributed by atoms with E-state index in [4.69, 9.17) is 21.1 Å². The Labute approximate surface area is 240 Å². The van der Waals surface area contributed by atoms with Gasteiger partial charge in [0.1, 0.15) is 11.6 Å². The van der Waals surface area contributed by atoms with Crippen LogP contribution in [0.2, 0.25) is 5.02 Å². The summed E-state index contributed by atoms with van der Waals surface area (Å²) in [5.74, 6) is 1.79. The fourth-order valence-electron chi connectivity index (χ4n) is 4.64. The van der Waals surface area contributed by atoms with E-state index in [-0.39, 0.29) is 5.91 Å². The van der Waals surface area contributed by atoms with E-state index in [0.717, 1.165) is 51.6 Å². The van der Waals surface area contributed by atoms with Gasteiger partial charge in [-0.1, -0.05) is 23.7 Å². The van der Waals surface area contributed by atoms with E-state index in [9.17, 15) is 4.79 Å². The number of carbonyl (C=O) groups is 1. The number of hydrogen-bond donors (Lipinski definition) is 3. The van der Waals surface area contributed by atoms with E-state index < -0.39 is 0 Å². The largest absolute Gasteiger partial charge is 0.491 e. The number of morpholine rings is 1. The van der Waals surface area contributed by atoms with Crippen molar-refractivity contribution in [1.82, 2.24) is 25.1 Å². The van der Waals surface area contributed by atoms with Crippen LogP contribution in [-0.4, -0.2) is 84.8 Å². The molecule has 0 atom stereocenters. The quantitative estimate of drug-likeness (QED) is 0.434. The van der Waals surface area contributed by atoms with Crippen molar-refractivity contribution in [2.75, 3.05) is 69.7 Å². The molecule has 0 saturated carbocycles. The van der Waals surface area contributed by atoms with E-state index in [1.807, 2.05) is 18.2 Å². The molecule has 40 heavy (non-hydrogen) atoms. The second-order valence-corrected chi connectivity index (χ2v) is 10.3. The van der Waals surface area contributed by atoms with Crippen LogP contribution in [0.15, 0.2) is 54.7 Å². The first-order valence-electron chi connectivity index (χ1n) is 13.8. The molecule has 11 heteroatoms. The molecule has 1 fully saturated rings. The number of fused-ring (bicyclic) bond motifs is 11. The van der Waals surface area contributed by atoms with Gasteiger partial charge in [-0.2, -0.15) is 4.98 Å². The van der Waals surface area contributed by atoms with Crippen molar-refractivity contribution < 1.29 is 14.3 Å². The minimum atomic E-state index is 0.0495. The lowest BCUT2D eigenvalue weighted by molar-refractivity contribution is -0.121. The van der Waals surface area contributed by atoms with Gasteiger partial charge >= 0.3 is 0 Å². The Bertz CT molecular complexity index is 1250. The lowest BCUT2D eigenvalue weighted by atomic mass is 10.2. The molecule has 3 N–H and O–H groups in total. The molecule has 6 rings (SSSR count). The van der Waals surface area contributed by atoms with Gasteiger partial charge in [0.05, 0.1) is 25.5 Å². The van der Waals surface area contributed by atoms with Crippen LogP contribution in [0, 0.1) is 0 Å². The smallest absolute Gasteiger partial charge is 0.229 e. The summed E-state index contributed by atoms with van der Waals surface area (Å²) < 4.78 is 11.5. The van der Waals surface area contributed by atoms with Crippen LogP contribution in [-0.2, 0) is 16.1 Å². The zero-order chi connectivity index (χ0) is 27.6. The molecule has 0 radical (unpaired) electrons. The Balaban J connectivity index is 1.32. The molecule has 4 bridgehead atoms. The first-order chi connectivity index (χ1) is 19.6. The molecule has 2 aromatic carbocycles. The Morgan fingerprint density at radius 1 is 0.925 bits per heavy atom. The Hall–Kier alpha value is -3.44. The lowest BCUT2D eigenvalue weighted by Gasteiger charge is -2.30. The van der Waals surface area contributed by atoms with Crippen molar-refractivity contribution in [2.45, 2.75) is 19.4 Å². The van der Waals surface area contributed by atoms with Crippen LogP contribution in [0.1, 0.15) is 18.4 Å². The van der Waals surface area contributed by atoms with Crippen LogP contribution >= 0.6 is 11.6 Å². The monoisotopic (exact) mass is 565 g/mol. The van der Waals surface area contributed by atoms with Crippen LogP contribution in [0.4, 0.5) is 23.1 Å². The molecule has 4 heterocycles. The van der Waals surface area contributed by atoms with Crippen molar-refractivity contribution in [2.24, 2.45) is 0 Å². The number of carbonyl (C=O) groups excluding carboxylic acids is 1. The number of hydrogen-bond acceptors (Lipinski definition) is 9. The molecule has 0 aliphatic carbocycles. The van der Waals surface area contributed by atoms with Gasteiger partial charge in [0.2, 0.25) is 11.9 Å². The normalized spacial score (nSPS) is 17.9. The van der Waals surface area contributed by atoms with E-state index in [0.29, 0.717) is 60.8 Å². The fraction of sp³-hybridized carbons (Fsp3) is 0.414. The number of halogens is 1. The van der Waals surface area contributed by atoms with Crippen molar-refractivity contribution in [3.63, 3.8) is 0 Å². The Kier molecular flexibility index (Phi) is 10.0. The van der Waals surface area contributed by atoms with Gasteiger partial charge in [0, 0.05) is 69.1 Å². The van der Waals surface area contributed by atoms with Crippen molar-refractivity contribution >= 4 is 40.6 Å². The number of rotatable bonds is 3. The zero-order valence-electron chi connectivity index (χ0n) is 22.6. The molecular formula is C29H36ClN7O3. The summed E-state index contributed by atoms with van der Waals surface area (Å²) >= 11 is 6.26. The maximum Gasteiger partial charge on any atom is 0.229 e. The molecule has 1 amide bonds. The van der Waals surface area contributed by atoms with E-state index >= 15 is 0 Å². The fourth-order valence-corrected chi connectivity index (χ4v) is 4.81. The highest BCUT2D eigenvalue weighted by atomic mass is 35.5. The second-order valence-electron chi connectivity index (χ2n) is 9.89. The molecule has 212 valence electrons. The minimum absolute atomic E-state index is 0.0495. The van der Waals surface area contributed by atoms with E-state index in [1.165, 1.54) is 5.56 Å². The van der Waals surface area contributed by atoms with Gasteiger partial charge < -0.3 is 25.4 Å². The summed E-state index contributed by atoms with van der Waals surface area (Å²) in [4.78, 5) is 26.4. The highest BCUT2D eigenvalue weighted by molar-refractivity contribution is 6.31. The molecule has 0 spiro atoms. The average molecular weight is 566 g/mol. The molecule has 10 nitrogen and oxygen atoms in total. The maximum absolute atomic E-state index is 12.6. The van der Waals surface area contributed by atoms with Crippen LogP contribution in [0.25, 0.3) is 0 Å². The van der Waals surface area contributed by atoms with Crippen molar-refractivity contribution in [1.29, 1.82) is 0 Å². The number of anilines is 4. The van der Waals surface area contributed by atoms with Crippen LogP contribution in [0.3, 0.4) is 0 Å². The number of nitrogens with one attached hydrogen (secondary N) is 3. The summed E-state index contributed by atoms with van der Waals surface area (Å²) in [5.41, 5.74) is 2.77. The molecule has 3 aliphatic rings. The third-order valence-electron chi connectivity index (χ3n) is 6.87. The Morgan fingerprint density at radius 3 is 2.60 bits per heavy atom. The summed E-state index contributed by atoms with van der Waals surface area (Å²) in [6.07, 6.45) is 2.83. The molecule has 1 saturated heterocycles. The second kappa shape index (κ2) is 14.3.